The van der Waals surface area contributed by atoms with Gasteiger partial charge in [0.15, 0.2) is 0 Å². The first-order chi connectivity index (χ1) is 13.5. The summed E-state index contributed by atoms with van der Waals surface area (Å²) in [6.07, 6.45) is 6.98. The molecule has 2 heterocycles. The minimum Gasteiger partial charge on any atom is -0.280 e. The van der Waals surface area contributed by atoms with Gasteiger partial charge < -0.3 is 0 Å². The zero-order chi connectivity index (χ0) is 19.7. The van der Waals surface area contributed by atoms with Crippen LogP contribution in [0.15, 0.2) is 42.5 Å². The highest BCUT2D eigenvalue weighted by Crippen LogP contribution is 2.35. The van der Waals surface area contributed by atoms with Gasteiger partial charge in [-0.1, -0.05) is 30.3 Å². The van der Waals surface area contributed by atoms with Gasteiger partial charge in [0.05, 0.1) is 0 Å². The second kappa shape index (κ2) is 7.70. The van der Waals surface area contributed by atoms with Crippen LogP contribution in [0.1, 0.15) is 44.1 Å². The number of benzene rings is 1. The highest BCUT2D eigenvalue weighted by molar-refractivity contribution is 6.13. The molecule has 1 aromatic carbocycles. The molecule has 1 aromatic rings. The number of imide groups is 2. The Labute approximate surface area is 164 Å². The third-order valence-electron chi connectivity index (χ3n) is 6.20. The van der Waals surface area contributed by atoms with Gasteiger partial charge in [0.2, 0.25) is 11.8 Å². The third-order valence-corrected chi connectivity index (χ3v) is 6.20. The molecule has 6 nitrogen and oxygen atoms in total. The van der Waals surface area contributed by atoms with Crippen LogP contribution in [0, 0.1) is 5.92 Å². The van der Waals surface area contributed by atoms with Crippen LogP contribution >= 0.6 is 0 Å². The summed E-state index contributed by atoms with van der Waals surface area (Å²) in [5, 5.41) is 0. The quantitative estimate of drug-likeness (QED) is 0.734. The Morgan fingerprint density at radius 2 is 1.39 bits per heavy atom. The number of carbonyl (C=O) groups is 4. The van der Waals surface area contributed by atoms with Crippen LogP contribution in [0.25, 0.3) is 0 Å². The van der Waals surface area contributed by atoms with E-state index in [4.69, 9.17) is 0 Å². The van der Waals surface area contributed by atoms with Crippen molar-refractivity contribution in [3.63, 3.8) is 0 Å². The zero-order valence-corrected chi connectivity index (χ0v) is 15.8. The van der Waals surface area contributed by atoms with Gasteiger partial charge in [0.25, 0.3) is 11.8 Å². The molecule has 0 N–H and O–H groups in total. The van der Waals surface area contributed by atoms with E-state index in [0.29, 0.717) is 19.3 Å². The number of amides is 4. The van der Waals surface area contributed by atoms with Gasteiger partial charge in [-0.3, -0.25) is 29.0 Å². The fourth-order valence-corrected chi connectivity index (χ4v) is 4.81. The molecule has 0 spiro atoms. The number of nitrogens with zero attached hydrogens (tertiary/aromatic N) is 2. The predicted octanol–water partition coefficient (Wildman–Crippen LogP) is 2.23. The average Bonchev–Trinajstić information content (AvgIpc) is 3.22. The van der Waals surface area contributed by atoms with E-state index in [2.05, 4.69) is 0 Å². The van der Waals surface area contributed by atoms with E-state index in [9.17, 15) is 19.2 Å². The van der Waals surface area contributed by atoms with E-state index in [0.717, 1.165) is 31.2 Å². The lowest BCUT2D eigenvalue weighted by Gasteiger charge is -2.39. The largest absolute Gasteiger partial charge is 0.280 e. The maximum atomic E-state index is 12.3. The molecule has 1 saturated heterocycles. The smallest absolute Gasteiger partial charge is 0.253 e. The normalized spacial score (nSPS) is 26.4. The lowest BCUT2D eigenvalue weighted by Crippen LogP contribution is -2.49. The van der Waals surface area contributed by atoms with Crippen molar-refractivity contribution < 1.29 is 19.2 Å². The summed E-state index contributed by atoms with van der Waals surface area (Å²) in [4.78, 5) is 51.6. The molecule has 1 atom stereocenters. The van der Waals surface area contributed by atoms with Gasteiger partial charge in [0.1, 0.15) is 0 Å². The molecule has 0 radical (unpaired) electrons. The number of hydrogen-bond acceptors (Lipinski definition) is 4. The van der Waals surface area contributed by atoms with E-state index >= 15 is 0 Å². The summed E-state index contributed by atoms with van der Waals surface area (Å²) in [7, 11) is 0. The van der Waals surface area contributed by atoms with Gasteiger partial charge in [-0.05, 0) is 43.6 Å². The Hall–Kier alpha value is -2.76. The lowest BCUT2D eigenvalue weighted by molar-refractivity contribution is -0.142. The van der Waals surface area contributed by atoms with Crippen molar-refractivity contribution in [3.05, 3.63) is 48.0 Å². The number of carbonyl (C=O) groups excluding carboxylic acids is 4. The first-order valence-corrected chi connectivity index (χ1v) is 9.98. The van der Waals surface area contributed by atoms with E-state index in [-0.39, 0.29) is 41.6 Å². The molecule has 28 heavy (non-hydrogen) atoms. The van der Waals surface area contributed by atoms with E-state index in [1.54, 1.807) is 0 Å². The first kappa shape index (κ1) is 18.6. The maximum Gasteiger partial charge on any atom is 0.253 e. The highest BCUT2D eigenvalue weighted by atomic mass is 16.2. The molecule has 1 unspecified atom stereocenters. The molecular weight excluding hydrogens is 356 g/mol. The van der Waals surface area contributed by atoms with Crippen LogP contribution in [0.4, 0.5) is 0 Å². The fraction of sp³-hybridized carbons (Fsp3) is 0.455. The van der Waals surface area contributed by atoms with Crippen molar-refractivity contribution in [2.75, 3.05) is 0 Å². The zero-order valence-electron chi connectivity index (χ0n) is 15.8. The maximum absolute atomic E-state index is 12.3. The first-order valence-electron chi connectivity index (χ1n) is 9.98. The third kappa shape index (κ3) is 3.51. The van der Waals surface area contributed by atoms with E-state index in [1.807, 2.05) is 30.3 Å². The Kier molecular flexibility index (Phi) is 5.11. The van der Waals surface area contributed by atoms with Crippen molar-refractivity contribution in [1.29, 1.82) is 0 Å². The number of hydrogen-bond donors (Lipinski definition) is 0. The molecule has 0 bridgehead atoms. The highest BCUT2D eigenvalue weighted by Gasteiger charge is 2.41. The molecule has 2 aliphatic heterocycles. The average molecular weight is 380 g/mol. The van der Waals surface area contributed by atoms with Gasteiger partial charge in [-0.25, -0.2) is 0 Å². The Morgan fingerprint density at radius 3 is 1.96 bits per heavy atom. The number of rotatable bonds is 5. The molecule has 0 aromatic heterocycles. The monoisotopic (exact) mass is 380 g/mol. The SMILES string of the molecule is O=C1CCC(=O)N1C1CCC(C(Cc2ccccc2)N2C(=O)C=CC2=O)CC1. The second-order valence-corrected chi connectivity index (χ2v) is 7.86. The van der Waals surface area contributed by atoms with Gasteiger partial charge in [-0.15, -0.1) is 0 Å². The summed E-state index contributed by atoms with van der Waals surface area (Å²) in [5.74, 6) is -0.472. The Bertz CT molecular complexity index is 790. The van der Waals surface area contributed by atoms with Crippen molar-refractivity contribution in [2.45, 2.75) is 57.0 Å². The Morgan fingerprint density at radius 1 is 0.821 bits per heavy atom. The summed E-state index contributed by atoms with van der Waals surface area (Å²) in [5.41, 5.74) is 1.09. The van der Waals surface area contributed by atoms with Crippen molar-refractivity contribution in [3.8, 4) is 0 Å². The summed E-state index contributed by atoms with van der Waals surface area (Å²) in [6.45, 7) is 0. The van der Waals surface area contributed by atoms with E-state index in [1.165, 1.54) is 22.0 Å². The van der Waals surface area contributed by atoms with Gasteiger partial charge in [0, 0.05) is 37.1 Å². The number of likely N-dealkylation sites (tertiary alicyclic amines) is 1. The summed E-state index contributed by atoms with van der Waals surface area (Å²) in [6, 6.07) is 9.64. The molecule has 1 aliphatic carbocycles. The molecule has 4 amide bonds. The minimum absolute atomic E-state index is 0.0424. The van der Waals surface area contributed by atoms with Crippen LogP contribution in [0.3, 0.4) is 0 Å². The van der Waals surface area contributed by atoms with Crippen LogP contribution in [-0.4, -0.2) is 45.5 Å². The molecule has 1 saturated carbocycles. The lowest BCUT2D eigenvalue weighted by atomic mass is 9.78. The van der Waals surface area contributed by atoms with Crippen LogP contribution < -0.4 is 0 Å². The van der Waals surface area contributed by atoms with Gasteiger partial charge in [-0.2, -0.15) is 0 Å². The van der Waals surface area contributed by atoms with Crippen molar-refractivity contribution in [2.24, 2.45) is 5.92 Å². The predicted molar refractivity (Wildman–Crippen MR) is 102 cm³/mol. The Balaban J connectivity index is 1.49. The topological polar surface area (TPSA) is 74.8 Å². The molecular formula is C22H24N2O4. The van der Waals surface area contributed by atoms with Crippen LogP contribution in [0.2, 0.25) is 0 Å². The summed E-state index contributed by atoms with van der Waals surface area (Å²) >= 11 is 0. The fourth-order valence-electron chi connectivity index (χ4n) is 4.81. The molecule has 6 heteroatoms. The van der Waals surface area contributed by atoms with E-state index < -0.39 is 0 Å². The molecule has 4 rings (SSSR count). The van der Waals surface area contributed by atoms with Crippen molar-refractivity contribution in [1.82, 2.24) is 9.80 Å². The summed E-state index contributed by atoms with van der Waals surface area (Å²) < 4.78 is 0. The second-order valence-electron chi connectivity index (χ2n) is 7.86. The van der Waals surface area contributed by atoms with Crippen LogP contribution in [-0.2, 0) is 25.6 Å². The molecule has 146 valence electrons. The van der Waals surface area contributed by atoms with Crippen LogP contribution in [0.5, 0.6) is 0 Å². The minimum atomic E-state index is -0.252. The standard InChI is InChI=1S/C22H24N2O4/c25-19-10-11-20(26)23(19)17-8-6-16(7-9-17)18(14-15-4-2-1-3-5-15)24-21(27)12-13-22(24)28/h1-5,12-13,16-18H,6-11,14H2. The van der Waals surface area contributed by atoms with Gasteiger partial charge >= 0.3 is 0 Å². The van der Waals surface area contributed by atoms with Crippen molar-refractivity contribution >= 4 is 23.6 Å². The molecule has 2 fully saturated rings. The molecule has 3 aliphatic rings.